The van der Waals surface area contributed by atoms with E-state index in [2.05, 4.69) is 31.9 Å². The van der Waals surface area contributed by atoms with Crippen LogP contribution in [0.3, 0.4) is 0 Å². The molecule has 0 radical (unpaired) electrons. The largest absolute Gasteiger partial charge is 0.350 e. The van der Waals surface area contributed by atoms with Gasteiger partial charge in [-0.25, -0.2) is 9.78 Å². The second-order valence-electron chi connectivity index (χ2n) is 8.38. The van der Waals surface area contributed by atoms with Crippen molar-refractivity contribution >= 4 is 40.4 Å². The zero-order chi connectivity index (χ0) is 24.0. The van der Waals surface area contributed by atoms with E-state index >= 15 is 0 Å². The van der Waals surface area contributed by atoms with Crippen molar-refractivity contribution in [3.8, 4) is 11.3 Å². The second-order valence-corrected chi connectivity index (χ2v) is 10.3. The molecule has 4 heterocycles. The van der Waals surface area contributed by atoms with Crippen molar-refractivity contribution in [2.24, 2.45) is 0 Å². The number of carbonyl (C=O) groups is 2. The van der Waals surface area contributed by atoms with Crippen molar-refractivity contribution in [1.29, 1.82) is 0 Å². The first-order valence-corrected chi connectivity index (χ1v) is 13.3. The van der Waals surface area contributed by atoms with E-state index in [4.69, 9.17) is 0 Å². The van der Waals surface area contributed by atoms with Crippen LogP contribution >= 0.6 is 22.7 Å². The minimum absolute atomic E-state index is 0.130. The maximum Gasteiger partial charge on any atom is 0.323 e. The van der Waals surface area contributed by atoms with Crippen molar-refractivity contribution in [2.45, 2.75) is 25.2 Å². The Bertz CT molecular complexity index is 1260. The van der Waals surface area contributed by atoms with Crippen molar-refractivity contribution in [1.82, 2.24) is 25.4 Å². The van der Waals surface area contributed by atoms with Gasteiger partial charge in [0.05, 0.1) is 10.7 Å². The lowest BCUT2D eigenvalue weighted by molar-refractivity contribution is 0.0949. The minimum atomic E-state index is -0.153. The number of rotatable bonds is 7. The molecule has 1 aliphatic heterocycles. The van der Waals surface area contributed by atoms with Crippen LogP contribution in [0.5, 0.6) is 0 Å². The Balaban J connectivity index is 1.09. The van der Waals surface area contributed by atoms with Crippen LogP contribution in [-0.4, -0.2) is 51.7 Å². The summed E-state index contributed by atoms with van der Waals surface area (Å²) in [5, 5.41) is 17.9. The third-order valence-electron chi connectivity index (χ3n) is 6.02. The number of thiophene rings is 1. The van der Waals surface area contributed by atoms with Gasteiger partial charge in [-0.15, -0.1) is 22.7 Å². The predicted molar refractivity (Wildman–Crippen MR) is 139 cm³/mol. The summed E-state index contributed by atoms with van der Waals surface area (Å²) in [5.41, 5.74) is 2.35. The molecule has 0 atom stereocenters. The Morgan fingerprint density at radius 1 is 1.09 bits per heavy atom. The number of amides is 3. The lowest BCUT2D eigenvalue weighted by Gasteiger charge is -2.30. The smallest absolute Gasteiger partial charge is 0.323 e. The predicted octanol–water partition coefficient (Wildman–Crippen LogP) is 4.98. The highest BCUT2D eigenvalue weighted by Crippen LogP contribution is 2.30. The summed E-state index contributed by atoms with van der Waals surface area (Å²) >= 11 is 3.22. The highest BCUT2D eigenvalue weighted by Gasteiger charge is 2.26. The maximum atomic E-state index is 12.7. The Morgan fingerprint density at radius 3 is 2.69 bits per heavy atom. The van der Waals surface area contributed by atoms with Gasteiger partial charge in [0.1, 0.15) is 5.69 Å². The first-order chi connectivity index (χ1) is 17.2. The quantitative estimate of drug-likeness (QED) is 0.329. The average Bonchev–Trinajstić information content (AvgIpc) is 3.67. The fourth-order valence-corrected chi connectivity index (χ4v) is 5.77. The number of carbonyl (C=O) groups excluding carboxylic acids is 2. The van der Waals surface area contributed by atoms with E-state index in [1.54, 1.807) is 16.2 Å². The molecule has 3 amide bonds. The SMILES string of the molecule is O=C(NCCc1cccs1)c1csc(C2CCN(C(=O)Nc3cc(-c4ccccc4)[nH]n3)CC2)n1. The van der Waals surface area contributed by atoms with E-state index in [0.29, 0.717) is 31.1 Å². The van der Waals surface area contributed by atoms with Gasteiger partial charge in [-0.2, -0.15) is 5.10 Å². The molecule has 4 aromatic rings. The molecule has 0 bridgehead atoms. The molecule has 1 fully saturated rings. The molecule has 0 aliphatic carbocycles. The van der Waals surface area contributed by atoms with Crippen LogP contribution in [-0.2, 0) is 6.42 Å². The van der Waals surface area contributed by atoms with Gasteiger partial charge in [0.2, 0.25) is 0 Å². The fourth-order valence-electron chi connectivity index (χ4n) is 4.09. The van der Waals surface area contributed by atoms with Gasteiger partial charge < -0.3 is 10.2 Å². The highest BCUT2D eigenvalue weighted by molar-refractivity contribution is 7.10. The molecule has 3 N–H and O–H groups in total. The van der Waals surface area contributed by atoms with E-state index in [-0.39, 0.29) is 17.9 Å². The Hall–Kier alpha value is -3.50. The molecule has 1 saturated heterocycles. The summed E-state index contributed by atoms with van der Waals surface area (Å²) in [7, 11) is 0. The van der Waals surface area contributed by atoms with Gasteiger partial charge in [-0.3, -0.25) is 15.2 Å². The number of nitrogens with one attached hydrogen (secondary N) is 3. The molecule has 3 aromatic heterocycles. The molecular weight excluding hydrogens is 480 g/mol. The first-order valence-electron chi connectivity index (χ1n) is 11.6. The summed E-state index contributed by atoms with van der Waals surface area (Å²) in [5.74, 6) is 0.632. The number of hydrogen-bond donors (Lipinski definition) is 3. The van der Waals surface area contributed by atoms with E-state index < -0.39 is 0 Å². The zero-order valence-corrected chi connectivity index (χ0v) is 20.7. The summed E-state index contributed by atoms with van der Waals surface area (Å²) in [6.45, 7) is 1.87. The number of anilines is 1. The molecule has 8 nitrogen and oxygen atoms in total. The third kappa shape index (κ3) is 5.77. The second kappa shape index (κ2) is 10.8. The summed E-state index contributed by atoms with van der Waals surface area (Å²) < 4.78 is 0. The molecule has 1 aromatic carbocycles. The number of benzene rings is 1. The lowest BCUT2D eigenvalue weighted by atomic mass is 9.98. The van der Waals surface area contributed by atoms with Crippen LogP contribution in [0.2, 0.25) is 0 Å². The zero-order valence-electron chi connectivity index (χ0n) is 19.1. The molecule has 5 rings (SSSR count). The Morgan fingerprint density at radius 2 is 1.91 bits per heavy atom. The molecule has 180 valence electrons. The monoisotopic (exact) mass is 506 g/mol. The number of urea groups is 1. The van der Waals surface area contributed by atoms with E-state index in [1.165, 1.54) is 16.2 Å². The molecule has 1 aliphatic rings. The number of thiazole rings is 1. The summed E-state index contributed by atoms with van der Waals surface area (Å²) in [6, 6.07) is 15.6. The van der Waals surface area contributed by atoms with Gasteiger partial charge in [0, 0.05) is 41.9 Å². The van der Waals surface area contributed by atoms with E-state index in [0.717, 1.165) is 35.5 Å². The van der Waals surface area contributed by atoms with Gasteiger partial charge >= 0.3 is 6.03 Å². The topological polar surface area (TPSA) is 103 Å². The fraction of sp³-hybridized carbons (Fsp3) is 0.280. The van der Waals surface area contributed by atoms with Gasteiger partial charge in [0.25, 0.3) is 5.91 Å². The van der Waals surface area contributed by atoms with E-state index in [9.17, 15) is 9.59 Å². The third-order valence-corrected chi connectivity index (χ3v) is 7.96. The number of likely N-dealkylation sites (tertiary alicyclic amines) is 1. The molecule has 35 heavy (non-hydrogen) atoms. The van der Waals surface area contributed by atoms with Crippen molar-refractivity contribution in [3.05, 3.63) is 74.9 Å². The van der Waals surface area contributed by atoms with Gasteiger partial charge in [-0.1, -0.05) is 36.4 Å². The molecule has 0 saturated carbocycles. The summed E-state index contributed by atoms with van der Waals surface area (Å²) in [4.78, 5) is 32.8. The maximum absolute atomic E-state index is 12.7. The standard InChI is InChI=1S/C25H26N6O2S2/c32-23(26-11-8-19-7-4-14-34-19)21-16-35-24(27-21)18-9-12-31(13-10-18)25(33)28-22-15-20(29-30-22)17-5-2-1-3-6-17/h1-7,14-16,18H,8-13H2,(H,26,32)(H2,28,29,30,33). The average molecular weight is 507 g/mol. The summed E-state index contributed by atoms with van der Waals surface area (Å²) in [6.07, 6.45) is 2.46. The van der Waals surface area contributed by atoms with Crippen molar-refractivity contribution < 1.29 is 9.59 Å². The molecule has 10 heteroatoms. The van der Waals surface area contributed by atoms with E-state index in [1.807, 2.05) is 53.2 Å². The first kappa shape index (κ1) is 23.3. The number of hydrogen-bond acceptors (Lipinski definition) is 6. The minimum Gasteiger partial charge on any atom is -0.350 e. The number of nitrogens with zero attached hydrogens (tertiary/aromatic N) is 3. The van der Waals surface area contributed by atoms with Crippen molar-refractivity contribution in [2.75, 3.05) is 25.0 Å². The van der Waals surface area contributed by atoms with Crippen LogP contribution in [0.1, 0.15) is 39.1 Å². The van der Waals surface area contributed by atoms with Crippen LogP contribution in [0.25, 0.3) is 11.3 Å². The number of aromatic nitrogens is 3. The Kier molecular flexibility index (Phi) is 7.20. The van der Waals surface area contributed by atoms with Crippen LogP contribution in [0.4, 0.5) is 10.6 Å². The van der Waals surface area contributed by atoms with Crippen LogP contribution < -0.4 is 10.6 Å². The van der Waals surface area contributed by atoms with Crippen molar-refractivity contribution in [3.63, 3.8) is 0 Å². The number of aromatic amines is 1. The molecular formula is C25H26N6O2S2. The van der Waals surface area contributed by atoms with Crippen LogP contribution in [0.15, 0.2) is 59.3 Å². The Labute approximate surface area is 211 Å². The van der Waals surface area contributed by atoms with Gasteiger partial charge in [0.15, 0.2) is 5.82 Å². The normalized spacial score (nSPS) is 14.1. The molecule has 0 unspecified atom stereocenters. The molecule has 0 spiro atoms. The number of piperidine rings is 1. The number of H-pyrrole nitrogens is 1. The van der Waals surface area contributed by atoms with Crippen LogP contribution in [0, 0.1) is 0 Å². The highest BCUT2D eigenvalue weighted by atomic mass is 32.1. The lowest BCUT2D eigenvalue weighted by Crippen LogP contribution is -2.40. The van der Waals surface area contributed by atoms with Gasteiger partial charge in [-0.05, 0) is 36.3 Å².